The van der Waals surface area contributed by atoms with Crippen molar-refractivity contribution in [1.82, 2.24) is 9.99 Å². The SMILES string of the molecule is Cc1cc(C(=O)N/N=C2\CC3CC=CC23)c(C)n1-c1ccccc1. The van der Waals surface area contributed by atoms with Crippen LogP contribution >= 0.6 is 0 Å². The van der Waals surface area contributed by atoms with Crippen molar-refractivity contribution in [2.45, 2.75) is 26.7 Å². The smallest absolute Gasteiger partial charge is 0.273 e. The number of benzene rings is 1. The van der Waals surface area contributed by atoms with Gasteiger partial charge in [-0.05, 0) is 50.8 Å². The molecule has 1 amide bonds. The number of para-hydroxylation sites is 1. The van der Waals surface area contributed by atoms with Crippen molar-refractivity contribution in [1.29, 1.82) is 0 Å². The van der Waals surface area contributed by atoms with Gasteiger partial charge in [0.2, 0.25) is 0 Å². The molecule has 2 atom stereocenters. The number of aromatic nitrogens is 1. The lowest BCUT2D eigenvalue weighted by Gasteiger charge is -2.31. The van der Waals surface area contributed by atoms with Crippen LogP contribution in [0.4, 0.5) is 0 Å². The Morgan fingerprint density at radius 1 is 1.25 bits per heavy atom. The van der Waals surface area contributed by atoms with Gasteiger partial charge in [0.25, 0.3) is 5.91 Å². The molecule has 1 N–H and O–H groups in total. The monoisotopic (exact) mass is 319 g/mol. The van der Waals surface area contributed by atoms with Crippen molar-refractivity contribution >= 4 is 11.6 Å². The highest BCUT2D eigenvalue weighted by Crippen LogP contribution is 2.40. The van der Waals surface area contributed by atoms with Gasteiger partial charge in [-0.1, -0.05) is 30.4 Å². The van der Waals surface area contributed by atoms with Crippen LogP contribution in [-0.2, 0) is 0 Å². The molecule has 1 aromatic carbocycles. The van der Waals surface area contributed by atoms with Crippen LogP contribution in [0.3, 0.4) is 0 Å². The number of hydrogen-bond acceptors (Lipinski definition) is 2. The number of rotatable bonds is 3. The summed E-state index contributed by atoms with van der Waals surface area (Å²) in [5, 5.41) is 4.36. The minimum atomic E-state index is -0.136. The molecular weight excluding hydrogens is 298 g/mol. The zero-order valence-corrected chi connectivity index (χ0v) is 14.0. The van der Waals surface area contributed by atoms with E-state index in [1.54, 1.807) is 0 Å². The van der Waals surface area contributed by atoms with Crippen molar-refractivity contribution in [3.05, 3.63) is 65.5 Å². The van der Waals surface area contributed by atoms with Gasteiger partial charge < -0.3 is 4.57 Å². The number of carbonyl (C=O) groups is 1. The topological polar surface area (TPSA) is 46.4 Å². The number of aryl methyl sites for hydroxylation is 1. The second kappa shape index (κ2) is 5.78. The first kappa shape index (κ1) is 14.9. The van der Waals surface area contributed by atoms with Gasteiger partial charge in [0.1, 0.15) is 0 Å². The second-order valence-corrected chi connectivity index (χ2v) is 6.65. The quantitative estimate of drug-likeness (QED) is 0.679. The van der Waals surface area contributed by atoms with Gasteiger partial charge in [-0.2, -0.15) is 5.10 Å². The van der Waals surface area contributed by atoms with E-state index in [4.69, 9.17) is 0 Å². The molecule has 1 saturated carbocycles. The van der Waals surface area contributed by atoms with Gasteiger partial charge in [-0.15, -0.1) is 0 Å². The normalized spacial score (nSPS) is 23.2. The van der Waals surface area contributed by atoms with Crippen molar-refractivity contribution in [3.63, 3.8) is 0 Å². The molecule has 1 aromatic heterocycles. The van der Waals surface area contributed by atoms with Gasteiger partial charge in [-0.3, -0.25) is 4.79 Å². The number of amides is 1. The van der Waals surface area contributed by atoms with Crippen LogP contribution in [0.1, 0.15) is 34.6 Å². The second-order valence-electron chi connectivity index (χ2n) is 6.65. The summed E-state index contributed by atoms with van der Waals surface area (Å²) < 4.78 is 2.10. The number of hydrogen-bond donors (Lipinski definition) is 1. The lowest BCUT2D eigenvalue weighted by atomic mass is 9.74. The van der Waals surface area contributed by atoms with Crippen molar-refractivity contribution in [3.8, 4) is 5.69 Å². The zero-order chi connectivity index (χ0) is 16.7. The number of allylic oxidation sites excluding steroid dienone is 2. The van der Waals surface area contributed by atoms with E-state index < -0.39 is 0 Å². The van der Waals surface area contributed by atoms with Crippen LogP contribution in [0.15, 0.2) is 53.7 Å². The van der Waals surface area contributed by atoms with Crippen molar-refractivity contribution in [2.24, 2.45) is 16.9 Å². The van der Waals surface area contributed by atoms with Crippen LogP contribution in [0.25, 0.3) is 5.69 Å². The average molecular weight is 319 g/mol. The van der Waals surface area contributed by atoms with E-state index in [1.165, 1.54) is 0 Å². The number of carbonyl (C=O) groups excluding carboxylic acids is 1. The van der Waals surface area contributed by atoms with Gasteiger partial charge in [0.15, 0.2) is 0 Å². The molecule has 24 heavy (non-hydrogen) atoms. The van der Waals surface area contributed by atoms with Crippen molar-refractivity contribution < 1.29 is 4.79 Å². The Labute approximate surface area is 141 Å². The summed E-state index contributed by atoms with van der Waals surface area (Å²) in [7, 11) is 0. The molecule has 0 radical (unpaired) electrons. The van der Waals surface area contributed by atoms with E-state index in [0.29, 0.717) is 17.4 Å². The Kier molecular flexibility index (Phi) is 3.60. The van der Waals surface area contributed by atoms with E-state index in [0.717, 1.165) is 35.6 Å². The molecule has 1 heterocycles. The lowest BCUT2D eigenvalue weighted by molar-refractivity contribution is 0.0953. The first-order valence-corrected chi connectivity index (χ1v) is 8.43. The maximum Gasteiger partial charge on any atom is 0.273 e. The third kappa shape index (κ3) is 2.39. The van der Waals surface area contributed by atoms with E-state index in [-0.39, 0.29) is 5.91 Å². The van der Waals surface area contributed by atoms with Crippen LogP contribution < -0.4 is 5.43 Å². The van der Waals surface area contributed by atoms with E-state index in [1.807, 2.05) is 50.2 Å². The first-order chi connectivity index (χ1) is 11.6. The molecule has 0 bridgehead atoms. The summed E-state index contributed by atoms with van der Waals surface area (Å²) in [5.41, 5.74) is 7.56. The number of nitrogens with zero attached hydrogens (tertiary/aromatic N) is 2. The zero-order valence-electron chi connectivity index (χ0n) is 14.0. The maximum atomic E-state index is 12.5. The number of hydrazone groups is 1. The van der Waals surface area contributed by atoms with E-state index >= 15 is 0 Å². The molecule has 2 aliphatic rings. The number of nitrogens with one attached hydrogen (secondary N) is 1. The molecular formula is C20H21N3O. The van der Waals surface area contributed by atoms with Crippen LogP contribution in [0.2, 0.25) is 0 Å². The lowest BCUT2D eigenvalue weighted by Crippen LogP contribution is -2.35. The highest BCUT2D eigenvalue weighted by atomic mass is 16.2. The molecule has 1 fully saturated rings. The van der Waals surface area contributed by atoms with Crippen LogP contribution in [0, 0.1) is 25.7 Å². The standard InChI is InChI=1S/C20H21N3O/c1-13-11-18(14(2)23(13)16-8-4-3-5-9-16)20(24)22-21-19-12-15-7-6-10-17(15)19/h3-6,8-11,15,17H,7,12H2,1-2H3,(H,22,24)/b21-19+. The maximum absolute atomic E-state index is 12.5. The molecule has 0 aliphatic heterocycles. The molecule has 4 nitrogen and oxygen atoms in total. The number of fused-ring (bicyclic) bond motifs is 1. The highest BCUT2D eigenvalue weighted by Gasteiger charge is 2.38. The minimum Gasteiger partial charge on any atom is -0.318 e. The Bertz CT molecular complexity index is 845. The Morgan fingerprint density at radius 2 is 2.04 bits per heavy atom. The molecule has 2 aromatic rings. The molecule has 0 saturated heterocycles. The molecule has 4 heteroatoms. The summed E-state index contributed by atoms with van der Waals surface area (Å²) in [4.78, 5) is 12.5. The van der Waals surface area contributed by atoms with E-state index in [9.17, 15) is 4.79 Å². The van der Waals surface area contributed by atoms with Crippen LogP contribution in [-0.4, -0.2) is 16.2 Å². The molecule has 2 aliphatic carbocycles. The Hall–Kier alpha value is -2.62. The van der Waals surface area contributed by atoms with Gasteiger partial charge in [0.05, 0.1) is 5.56 Å². The Balaban J connectivity index is 1.55. The predicted octanol–water partition coefficient (Wildman–Crippen LogP) is 3.78. The summed E-state index contributed by atoms with van der Waals surface area (Å²) in [6.45, 7) is 3.99. The molecule has 122 valence electrons. The first-order valence-electron chi connectivity index (χ1n) is 8.43. The third-order valence-corrected chi connectivity index (χ3v) is 5.14. The molecule has 0 spiro atoms. The van der Waals surface area contributed by atoms with Gasteiger partial charge >= 0.3 is 0 Å². The fraction of sp³-hybridized carbons (Fsp3) is 0.300. The van der Waals surface area contributed by atoms with Crippen molar-refractivity contribution in [2.75, 3.05) is 0 Å². The van der Waals surface area contributed by atoms with E-state index in [2.05, 4.69) is 27.2 Å². The van der Waals surface area contributed by atoms with Crippen LogP contribution in [0.5, 0.6) is 0 Å². The predicted molar refractivity (Wildman–Crippen MR) is 95.5 cm³/mol. The fourth-order valence-electron chi connectivity index (χ4n) is 3.81. The summed E-state index contributed by atoms with van der Waals surface area (Å²) in [5.74, 6) is 1.02. The summed E-state index contributed by atoms with van der Waals surface area (Å²) >= 11 is 0. The summed E-state index contributed by atoms with van der Waals surface area (Å²) in [6, 6.07) is 12.0. The Morgan fingerprint density at radius 3 is 2.79 bits per heavy atom. The van der Waals surface area contributed by atoms with Gasteiger partial charge in [-0.25, -0.2) is 5.43 Å². The van der Waals surface area contributed by atoms with Gasteiger partial charge in [0, 0.05) is 28.7 Å². The highest BCUT2D eigenvalue weighted by molar-refractivity contribution is 5.99. The average Bonchev–Trinajstić information content (AvgIpc) is 3.08. The summed E-state index contributed by atoms with van der Waals surface area (Å²) in [6.07, 6.45) is 6.57. The fourth-order valence-corrected chi connectivity index (χ4v) is 3.81. The molecule has 4 rings (SSSR count). The largest absolute Gasteiger partial charge is 0.318 e. The minimum absolute atomic E-state index is 0.136. The molecule has 2 unspecified atom stereocenters. The third-order valence-electron chi connectivity index (χ3n) is 5.14.